The number of nitrogens with zero attached hydrogens (tertiary/aromatic N) is 3. The lowest BCUT2D eigenvalue weighted by molar-refractivity contribution is -0.111. The van der Waals surface area contributed by atoms with Gasteiger partial charge in [0.15, 0.2) is 0 Å². The van der Waals surface area contributed by atoms with Gasteiger partial charge in [0, 0.05) is 0 Å². The molecule has 19 heavy (non-hydrogen) atoms. The van der Waals surface area contributed by atoms with Crippen LogP contribution in [0.3, 0.4) is 0 Å². The molecule has 0 amide bonds. The Morgan fingerprint density at radius 1 is 1.58 bits per heavy atom. The predicted molar refractivity (Wildman–Crippen MR) is 75.7 cm³/mol. The van der Waals surface area contributed by atoms with E-state index < -0.39 is 0 Å². The van der Waals surface area contributed by atoms with Gasteiger partial charge in [-0.25, -0.2) is 0 Å². The van der Waals surface area contributed by atoms with Crippen molar-refractivity contribution in [1.29, 1.82) is 5.26 Å². The maximum absolute atomic E-state index is 8.84. The number of nitriles is 1. The van der Waals surface area contributed by atoms with Crippen LogP contribution in [-0.4, -0.2) is 16.4 Å². The van der Waals surface area contributed by atoms with Crippen molar-refractivity contribution < 1.29 is 4.74 Å². The van der Waals surface area contributed by atoms with Crippen molar-refractivity contribution in [2.45, 2.75) is 59.6 Å². The van der Waals surface area contributed by atoms with E-state index in [9.17, 15) is 0 Å². The lowest BCUT2D eigenvalue weighted by Crippen LogP contribution is -2.42. The number of ether oxygens (including phenoxy) is 1. The number of hydrogen-bond acceptors (Lipinski definition) is 3. The molecule has 0 saturated heterocycles. The zero-order valence-corrected chi connectivity index (χ0v) is 12.9. The van der Waals surface area contributed by atoms with Crippen LogP contribution >= 0.6 is 0 Å². The van der Waals surface area contributed by atoms with E-state index in [0.29, 0.717) is 18.9 Å². The molecule has 1 aliphatic heterocycles. The van der Waals surface area contributed by atoms with Gasteiger partial charge in [-0.1, -0.05) is 27.7 Å². The molecule has 1 aromatic heterocycles. The molecule has 0 fully saturated rings. The molecular weight excluding hydrogens is 238 g/mol. The molecule has 0 aromatic carbocycles. The summed E-state index contributed by atoms with van der Waals surface area (Å²) in [5.74, 6) is 0.375. The van der Waals surface area contributed by atoms with Crippen LogP contribution in [-0.2, 0) is 10.3 Å². The smallest absolute Gasteiger partial charge is 0.109 e. The van der Waals surface area contributed by atoms with Crippen molar-refractivity contribution in [1.82, 2.24) is 9.78 Å². The number of aromatic nitrogens is 2. The maximum atomic E-state index is 8.84. The maximum Gasteiger partial charge on any atom is 0.109 e. The second-order valence-corrected chi connectivity index (χ2v) is 5.21. The van der Waals surface area contributed by atoms with E-state index in [2.05, 4.69) is 38.9 Å². The first-order chi connectivity index (χ1) is 9.00. The standard InChI is InChI=1S/C13H19N3O.C2H6/c1-9(2)13(4)12-10(3)7-15-16(12)11(5-6-14)8-17-13;1-2/h7,9,11H,5,8H2,1-4H3;1-2H3. The van der Waals surface area contributed by atoms with Crippen LogP contribution in [0.4, 0.5) is 0 Å². The van der Waals surface area contributed by atoms with Crippen LogP contribution in [0.25, 0.3) is 0 Å². The van der Waals surface area contributed by atoms with Crippen LogP contribution in [0.5, 0.6) is 0 Å². The molecule has 0 bridgehead atoms. The van der Waals surface area contributed by atoms with E-state index in [4.69, 9.17) is 10.00 Å². The second kappa shape index (κ2) is 6.21. The van der Waals surface area contributed by atoms with Crippen molar-refractivity contribution in [3.05, 3.63) is 17.5 Å². The minimum absolute atomic E-state index is 0.0514. The SMILES string of the molecule is CC.Cc1cnn2c1C(C)(C(C)C)OCC2CC#N. The van der Waals surface area contributed by atoms with Gasteiger partial charge in [0.25, 0.3) is 0 Å². The molecule has 0 N–H and O–H groups in total. The fourth-order valence-corrected chi connectivity index (χ4v) is 2.44. The molecule has 106 valence electrons. The highest BCUT2D eigenvalue weighted by molar-refractivity contribution is 5.25. The summed E-state index contributed by atoms with van der Waals surface area (Å²) in [7, 11) is 0. The molecule has 0 radical (unpaired) electrons. The van der Waals surface area contributed by atoms with Crippen LogP contribution in [0.2, 0.25) is 0 Å². The molecular formula is C15H25N3O. The summed E-state index contributed by atoms with van der Waals surface area (Å²) in [6.45, 7) is 13.0. The van der Waals surface area contributed by atoms with Gasteiger partial charge >= 0.3 is 0 Å². The quantitative estimate of drug-likeness (QED) is 0.819. The van der Waals surface area contributed by atoms with E-state index in [1.807, 2.05) is 24.7 Å². The summed E-state index contributed by atoms with van der Waals surface area (Å²) in [6, 6.07) is 2.25. The number of aryl methyl sites for hydroxylation is 1. The minimum Gasteiger partial charge on any atom is -0.366 e. The molecule has 0 spiro atoms. The average molecular weight is 263 g/mol. The topological polar surface area (TPSA) is 50.8 Å². The van der Waals surface area contributed by atoms with Crippen molar-refractivity contribution in [3.8, 4) is 6.07 Å². The molecule has 1 aromatic rings. The predicted octanol–water partition coefficient (Wildman–Crippen LogP) is 3.57. The Kier molecular flexibility index (Phi) is 5.13. The molecule has 2 atom stereocenters. The van der Waals surface area contributed by atoms with Gasteiger partial charge in [0.05, 0.1) is 37.0 Å². The molecule has 2 unspecified atom stereocenters. The summed E-state index contributed by atoms with van der Waals surface area (Å²) < 4.78 is 8.03. The van der Waals surface area contributed by atoms with Crippen molar-refractivity contribution in [3.63, 3.8) is 0 Å². The van der Waals surface area contributed by atoms with Gasteiger partial charge in [0.1, 0.15) is 5.60 Å². The first-order valence-corrected chi connectivity index (χ1v) is 7.06. The fourth-order valence-electron chi connectivity index (χ4n) is 2.44. The van der Waals surface area contributed by atoms with Gasteiger partial charge in [-0.3, -0.25) is 4.68 Å². The third-order valence-corrected chi connectivity index (χ3v) is 3.80. The number of rotatable bonds is 2. The highest BCUT2D eigenvalue weighted by Crippen LogP contribution is 2.40. The molecule has 4 heteroatoms. The van der Waals surface area contributed by atoms with E-state index >= 15 is 0 Å². The van der Waals surface area contributed by atoms with Crippen LogP contribution in [0.15, 0.2) is 6.20 Å². The highest BCUT2D eigenvalue weighted by atomic mass is 16.5. The van der Waals surface area contributed by atoms with Crippen LogP contribution in [0.1, 0.15) is 58.3 Å². The van der Waals surface area contributed by atoms with Crippen LogP contribution < -0.4 is 0 Å². The lowest BCUT2D eigenvalue weighted by Gasteiger charge is -2.41. The van der Waals surface area contributed by atoms with Crippen molar-refractivity contribution >= 4 is 0 Å². The fraction of sp³-hybridized carbons (Fsp3) is 0.733. The number of fused-ring (bicyclic) bond motifs is 1. The van der Waals surface area contributed by atoms with Gasteiger partial charge < -0.3 is 4.74 Å². The molecule has 2 rings (SSSR count). The highest BCUT2D eigenvalue weighted by Gasteiger charge is 2.41. The van der Waals surface area contributed by atoms with E-state index in [1.165, 1.54) is 0 Å². The minimum atomic E-state index is -0.299. The molecule has 2 heterocycles. The summed E-state index contributed by atoms with van der Waals surface area (Å²) >= 11 is 0. The Balaban J connectivity index is 0.000000861. The summed E-state index contributed by atoms with van der Waals surface area (Å²) in [5, 5.41) is 13.3. The van der Waals surface area contributed by atoms with E-state index in [1.54, 1.807) is 0 Å². The van der Waals surface area contributed by atoms with Gasteiger partial charge in [-0.05, 0) is 25.3 Å². The summed E-state index contributed by atoms with van der Waals surface area (Å²) in [6.07, 6.45) is 2.32. The largest absolute Gasteiger partial charge is 0.366 e. The third kappa shape index (κ3) is 2.66. The van der Waals surface area contributed by atoms with Gasteiger partial charge in [-0.2, -0.15) is 10.4 Å². The Labute approximate surface area is 116 Å². The van der Waals surface area contributed by atoms with Gasteiger partial charge in [0.2, 0.25) is 0 Å². The normalized spacial score (nSPS) is 25.3. The Hall–Kier alpha value is -1.34. The molecule has 1 aliphatic rings. The van der Waals surface area contributed by atoms with E-state index in [-0.39, 0.29) is 11.6 Å². The second-order valence-electron chi connectivity index (χ2n) is 5.21. The van der Waals surface area contributed by atoms with Crippen molar-refractivity contribution in [2.75, 3.05) is 6.61 Å². The molecule has 0 saturated carbocycles. The van der Waals surface area contributed by atoms with Gasteiger partial charge in [-0.15, -0.1) is 0 Å². The lowest BCUT2D eigenvalue weighted by atomic mass is 9.85. The third-order valence-electron chi connectivity index (χ3n) is 3.80. The first-order valence-electron chi connectivity index (χ1n) is 7.06. The molecule has 0 aliphatic carbocycles. The Morgan fingerprint density at radius 2 is 2.21 bits per heavy atom. The zero-order chi connectivity index (χ0) is 14.6. The zero-order valence-electron chi connectivity index (χ0n) is 12.9. The Morgan fingerprint density at radius 3 is 2.74 bits per heavy atom. The number of hydrogen-bond donors (Lipinski definition) is 0. The molecule has 4 nitrogen and oxygen atoms in total. The van der Waals surface area contributed by atoms with Crippen molar-refractivity contribution in [2.24, 2.45) is 5.92 Å². The summed E-state index contributed by atoms with van der Waals surface area (Å²) in [5.41, 5.74) is 1.97. The van der Waals surface area contributed by atoms with Crippen LogP contribution in [0, 0.1) is 24.2 Å². The first kappa shape index (κ1) is 15.7. The summed E-state index contributed by atoms with van der Waals surface area (Å²) in [4.78, 5) is 0. The average Bonchev–Trinajstić information content (AvgIpc) is 2.79. The van der Waals surface area contributed by atoms with E-state index in [0.717, 1.165) is 11.3 Å². The Bertz CT molecular complexity index is 458. The monoisotopic (exact) mass is 263 g/mol.